The van der Waals surface area contributed by atoms with Gasteiger partial charge in [-0.05, 0) is 42.8 Å². The van der Waals surface area contributed by atoms with Crippen LogP contribution < -0.4 is 19.5 Å². The SMILES string of the molecule is CC(OC(=O)/C=C/c1ccc(OC(F)F)cc1)C(=O)Nc1ccc2c(c1)OCO2. The van der Waals surface area contributed by atoms with E-state index in [1.165, 1.54) is 37.3 Å². The minimum absolute atomic E-state index is 0.00790. The Morgan fingerprint density at radius 3 is 2.55 bits per heavy atom. The summed E-state index contributed by atoms with van der Waals surface area (Å²) in [5, 5.41) is 2.62. The predicted molar refractivity (Wildman–Crippen MR) is 98.9 cm³/mol. The van der Waals surface area contributed by atoms with Crippen LogP contribution in [0.2, 0.25) is 0 Å². The summed E-state index contributed by atoms with van der Waals surface area (Å²) >= 11 is 0. The number of carbonyl (C=O) groups excluding carboxylic acids is 2. The molecule has 1 unspecified atom stereocenters. The highest BCUT2D eigenvalue weighted by atomic mass is 19.3. The number of alkyl halides is 2. The molecule has 1 atom stereocenters. The number of halogens is 2. The number of fused-ring (bicyclic) bond motifs is 1. The normalized spacial score (nSPS) is 13.4. The van der Waals surface area contributed by atoms with Crippen molar-refractivity contribution in [3.8, 4) is 17.2 Å². The summed E-state index contributed by atoms with van der Waals surface area (Å²) in [4.78, 5) is 24.1. The molecule has 29 heavy (non-hydrogen) atoms. The van der Waals surface area contributed by atoms with E-state index in [2.05, 4.69) is 10.1 Å². The number of esters is 1. The lowest BCUT2D eigenvalue weighted by molar-refractivity contribution is -0.148. The molecule has 0 saturated heterocycles. The molecule has 3 rings (SSSR count). The average Bonchev–Trinajstić information content (AvgIpc) is 3.14. The lowest BCUT2D eigenvalue weighted by Crippen LogP contribution is -2.29. The first-order chi connectivity index (χ1) is 13.9. The molecule has 1 N–H and O–H groups in total. The first-order valence-corrected chi connectivity index (χ1v) is 8.55. The maximum Gasteiger partial charge on any atom is 0.387 e. The number of benzene rings is 2. The second-order valence-electron chi connectivity index (χ2n) is 5.92. The number of rotatable bonds is 7. The third-order valence-electron chi connectivity index (χ3n) is 3.82. The summed E-state index contributed by atoms with van der Waals surface area (Å²) < 4.78 is 44.0. The monoisotopic (exact) mass is 405 g/mol. The number of hydrogen-bond donors (Lipinski definition) is 1. The highest BCUT2D eigenvalue weighted by Gasteiger charge is 2.19. The molecule has 0 aromatic heterocycles. The van der Waals surface area contributed by atoms with Gasteiger partial charge in [0.2, 0.25) is 6.79 Å². The molecule has 0 aliphatic carbocycles. The number of amides is 1. The van der Waals surface area contributed by atoms with E-state index < -0.39 is 24.6 Å². The number of carbonyl (C=O) groups is 2. The third-order valence-corrected chi connectivity index (χ3v) is 3.82. The molecule has 152 valence electrons. The summed E-state index contributed by atoms with van der Waals surface area (Å²) in [6.45, 7) is -1.35. The minimum atomic E-state index is -2.91. The van der Waals surface area contributed by atoms with Crippen molar-refractivity contribution in [2.24, 2.45) is 0 Å². The van der Waals surface area contributed by atoms with E-state index in [0.717, 1.165) is 6.08 Å². The van der Waals surface area contributed by atoms with Crippen LogP contribution in [0.1, 0.15) is 12.5 Å². The number of nitrogens with one attached hydrogen (secondary N) is 1. The number of anilines is 1. The molecule has 2 aromatic carbocycles. The predicted octanol–water partition coefficient (Wildman–Crippen LogP) is 3.60. The van der Waals surface area contributed by atoms with Crippen molar-refractivity contribution >= 4 is 23.6 Å². The molecule has 0 radical (unpaired) electrons. The molecule has 9 heteroatoms. The first-order valence-electron chi connectivity index (χ1n) is 8.55. The van der Waals surface area contributed by atoms with Crippen molar-refractivity contribution in [2.75, 3.05) is 12.1 Å². The Morgan fingerprint density at radius 2 is 1.83 bits per heavy atom. The third kappa shape index (κ3) is 5.68. The molecule has 1 heterocycles. The van der Waals surface area contributed by atoms with Crippen LogP contribution in [0.3, 0.4) is 0 Å². The largest absolute Gasteiger partial charge is 0.454 e. The van der Waals surface area contributed by atoms with Crippen molar-refractivity contribution in [3.63, 3.8) is 0 Å². The zero-order valence-electron chi connectivity index (χ0n) is 15.3. The van der Waals surface area contributed by atoms with Crippen molar-refractivity contribution in [1.29, 1.82) is 0 Å². The van der Waals surface area contributed by atoms with Gasteiger partial charge in [-0.15, -0.1) is 0 Å². The average molecular weight is 405 g/mol. The Morgan fingerprint density at radius 1 is 1.10 bits per heavy atom. The zero-order chi connectivity index (χ0) is 20.8. The first kappa shape index (κ1) is 20.1. The van der Waals surface area contributed by atoms with Gasteiger partial charge in [0.05, 0.1) is 0 Å². The van der Waals surface area contributed by atoms with E-state index in [1.807, 2.05) is 0 Å². The van der Waals surface area contributed by atoms with Gasteiger partial charge < -0.3 is 24.3 Å². The number of hydrogen-bond acceptors (Lipinski definition) is 6. The second-order valence-corrected chi connectivity index (χ2v) is 5.92. The van der Waals surface area contributed by atoms with Gasteiger partial charge in [-0.25, -0.2) is 4.79 Å². The molecule has 7 nitrogen and oxygen atoms in total. The Kier molecular flexibility index (Phi) is 6.28. The van der Waals surface area contributed by atoms with Crippen molar-refractivity contribution in [3.05, 3.63) is 54.1 Å². The Bertz CT molecular complexity index is 914. The van der Waals surface area contributed by atoms with Crippen LogP contribution >= 0.6 is 0 Å². The van der Waals surface area contributed by atoms with E-state index in [9.17, 15) is 18.4 Å². The van der Waals surface area contributed by atoms with Crippen LogP contribution in [0.25, 0.3) is 6.08 Å². The van der Waals surface area contributed by atoms with Gasteiger partial charge >= 0.3 is 12.6 Å². The van der Waals surface area contributed by atoms with Crippen molar-refractivity contribution in [2.45, 2.75) is 19.6 Å². The molecule has 1 amide bonds. The topological polar surface area (TPSA) is 83.1 Å². The molecular weight excluding hydrogens is 388 g/mol. The van der Waals surface area contributed by atoms with Crippen molar-refractivity contribution in [1.82, 2.24) is 0 Å². The Labute approximate surface area is 164 Å². The lowest BCUT2D eigenvalue weighted by Gasteiger charge is -2.12. The van der Waals surface area contributed by atoms with Crippen LogP contribution in [0.5, 0.6) is 17.2 Å². The van der Waals surface area contributed by atoms with E-state index in [1.54, 1.807) is 18.2 Å². The molecule has 0 bridgehead atoms. The molecule has 0 saturated carbocycles. The Balaban J connectivity index is 1.50. The van der Waals surface area contributed by atoms with E-state index in [0.29, 0.717) is 22.7 Å². The fourth-order valence-corrected chi connectivity index (χ4v) is 2.41. The van der Waals surface area contributed by atoms with Gasteiger partial charge in [-0.1, -0.05) is 12.1 Å². The lowest BCUT2D eigenvalue weighted by atomic mass is 10.2. The van der Waals surface area contributed by atoms with Gasteiger partial charge in [0.1, 0.15) is 5.75 Å². The number of ether oxygens (including phenoxy) is 4. The van der Waals surface area contributed by atoms with Crippen LogP contribution in [-0.4, -0.2) is 31.4 Å². The summed E-state index contributed by atoms with van der Waals surface area (Å²) in [6.07, 6.45) is 1.52. The quantitative estimate of drug-likeness (QED) is 0.560. The second kappa shape index (κ2) is 9.05. The molecular formula is C20H17F2NO6. The minimum Gasteiger partial charge on any atom is -0.454 e. The van der Waals surface area contributed by atoms with Crippen LogP contribution in [-0.2, 0) is 14.3 Å². The zero-order valence-corrected chi connectivity index (χ0v) is 15.3. The highest BCUT2D eigenvalue weighted by Crippen LogP contribution is 2.34. The molecule has 2 aromatic rings. The fraction of sp³-hybridized carbons (Fsp3) is 0.200. The molecule has 0 spiro atoms. The van der Waals surface area contributed by atoms with E-state index in [-0.39, 0.29) is 12.5 Å². The van der Waals surface area contributed by atoms with Gasteiger partial charge in [-0.3, -0.25) is 4.79 Å². The smallest absolute Gasteiger partial charge is 0.387 e. The molecule has 1 aliphatic rings. The van der Waals surface area contributed by atoms with Crippen molar-refractivity contribution < 1.29 is 37.3 Å². The Hall–Kier alpha value is -3.62. The van der Waals surface area contributed by atoms with Gasteiger partial charge in [-0.2, -0.15) is 8.78 Å². The highest BCUT2D eigenvalue weighted by molar-refractivity contribution is 5.96. The van der Waals surface area contributed by atoms with Crippen LogP contribution in [0.15, 0.2) is 48.5 Å². The standard InChI is InChI=1S/C20H17F2NO6/c1-12(19(25)23-14-5-8-16-17(10-14)27-11-26-16)28-18(24)9-4-13-2-6-15(7-3-13)29-20(21)22/h2-10,12,20H,11H2,1H3,(H,23,25)/b9-4+. The van der Waals surface area contributed by atoms with E-state index >= 15 is 0 Å². The fourth-order valence-electron chi connectivity index (χ4n) is 2.41. The summed E-state index contributed by atoms with van der Waals surface area (Å²) in [5.41, 5.74) is 1.05. The summed E-state index contributed by atoms with van der Waals surface area (Å²) in [7, 11) is 0. The summed E-state index contributed by atoms with van der Waals surface area (Å²) in [5.74, 6) is -0.138. The molecule has 1 aliphatic heterocycles. The maximum absolute atomic E-state index is 12.2. The van der Waals surface area contributed by atoms with Crippen LogP contribution in [0.4, 0.5) is 14.5 Å². The van der Waals surface area contributed by atoms with E-state index in [4.69, 9.17) is 14.2 Å². The van der Waals surface area contributed by atoms with Gasteiger partial charge in [0.25, 0.3) is 5.91 Å². The maximum atomic E-state index is 12.2. The van der Waals surface area contributed by atoms with Crippen LogP contribution in [0, 0.1) is 0 Å². The molecule has 0 fully saturated rings. The summed E-state index contributed by atoms with van der Waals surface area (Å²) in [6, 6.07) is 10.6. The van der Waals surface area contributed by atoms with Gasteiger partial charge in [0, 0.05) is 17.8 Å². The van der Waals surface area contributed by atoms with Gasteiger partial charge in [0.15, 0.2) is 17.6 Å².